The van der Waals surface area contributed by atoms with Gasteiger partial charge in [0.1, 0.15) is 0 Å². The van der Waals surface area contributed by atoms with Crippen molar-refractivity contribution in [1.82, 2.24) is 4.90 Å². The molecule has 0 aliphatic carbocycles. The number of hydrogen-bond donors (Lipinski definition) is 0. The molecule has 1 aromatic carbocycles. The molecule has 0 spiro atoms. The second-order valence-corrected chi connectivity index (χ2v) is 6.30. The van der Waals surface area contributed by atoms with Crippen molar-refractivity contribution in [2.24, 2.45) is 0 Å². The number of thioether (sulfide) groups is 1. The molecular formula is C14H20ClNOS. The van der Waals surface area contributed by atoms with Gasteiger partial charge in [0.05, 0.1) is 6.10 Å². The highest BCUT2D eigenvalue weighted by Crippen LogP contribution is 2.20. The van der Waals surface area contributed by atoms with Crippen LogP contribution in [0, 0.1) is 0 Å². The molecule has 1 fully saturated rings. The molecule has 100 valence electrons. The smallest absolute Gasteiger partial charge is 0.0702 e. The minimum Gasteiger partial charge on any atom is -0.377 e. The maximum absolute atomic E-state index is 5.86. The number of halogens is 1. The van der Waals surface area contributed by atoms with E-state index in [0.29, 0.717) is 6.10 Å². The third-order valence-electron chi connectivity index (χ3n) is 3.09. The first-order valence-corrected chi connectivity index (χ1v) is 7.79. The molecule has 1 saturated heterocycles. The highest BCUT2D eigenvalue weighted by Gasteiger charge is 2.16. The summed E-state index contributed by atoms with van der Waals surface area (Å²) in [6.45, 7) is 3.09. The molecule has 0 aromatic heterocycles. The van der Waals surface area contributed by atoms with Gasteiger partial charge in [-0.05, 0) is 44.2 Å². The van der Waals surface area contributed by atoms with Crippen molar-refractivity contribution in [2.75, 3.05) is 32.5 Å². The molecule has 0 amide bonds. The van der Waals surface area contributed by atoms with Crippen LogP contribution in [-0.4, -0.2) is 43.5 Å². The van der Waals surface area contributed by atoms with Crippen LogP contribution in [0.15, 0.2) is 29.2 Å². The summed E-state index contributed by atoms with van der Waals surface area (Å²) in [7, 11) is 2.17. The third kappa shape index (κ3) is 4.81. The van der Waals surface area contributed by atoms with Gasteiger partial charge in [-0.15, -0.1) is 11.8 Å². The monoisotopic (exact) mass is 285 g/mol. The van der Waals surface area contributed by atoms with Crippen LogP contribution in [0.2, 0.25) is 5.02 Å². The van der Waals surface area contributed by atoms with Gasteiger partial charge >= 0.3 is 0 Å². The van der Waals surface area contributed by atoms with Gasteiger partial charge in [0.15, 0.2) is 0 Å². The van der Waals surface area contributed by atoms with Gasteiger partial charge in [-0.2, -0.15) is 0 Å². The van der Waals surface area contributed by atoms with Crippen LogP contribution in [0.5, 0.6) is 0 Å². The standard InChI is InChI=1S/C14H20ClNOS/c1-16(11-13-3-2-9-17-13)8-10-18-14-6-4-12(15)5-7-14/h4-7,13H,2-3,8-11H2,1H3. The minimum atomic E-state index is 0.454. The molecule has 0 saturated carbocycles. The summed E-state index contributed by atoms with van der Waals surface area (Å²) in [6.07, 6.45) is 2.89. The predicted molar refractivity (Wildman–Crippen MR) is 78.6 cm³/mol. The summed E-state index contributed by atoms with van der Waals surface area (Å²) in [6, 6.07) is 8.04. The van der Waals surface area contributed by atoms with Gasteiger partial charge in [0.2, 0.25) is 0 Å². The maximum atomic E-state index is 5.86. The highest BCUT2D eigenvalue weighted by atomic mass is 35.5. The topological polar surface area (TPSA) is 12.5 Å². The minimum absolute atomic E-state index is 0.454. The highest BCUT2D eigenvalue weighted by molar-refractivity contribution is 7.99. The van der Waals surface area contributed by atoms with Crippen molar-refractivity contribution in [2.45, 2.75) is 23.8 Å². The van der Waals surface area contributed by atoms with Gasteiger partial charge in [-0.25, -0.2) is 0 Å². The fourth-order valence-corrected chi connectivity index (χ4v) is 3.17. The first kappa shape index (κ1) is 14.2. The molecule has 2 nitrogen and oxygen atoms in total. The number of benzene rings is 1. The number of nitrogens with zero attached hydrogens (tertiary/aromatic N) is 1. The van der Waals surface area contributed by atoms with E-state index in [1.165, 1.54) is 17.7 Å². The Bertz CT molecular complexity index is 351. The molecule has 1 aromatic rings. The van der Waals surface area contributed by atoms with Crippen LogP contribution in [0.25, 0.3) is 0 Å². The van der Waals surface area contributed by atoms with E-state index < -0.39 is 0 Å². The van der Waals surface area contributed by atoms with Crippen LogP contribution in [-0.2, 0) is 4.74 Å². The van der Waals surface area contributed by atoms with E-state index in [1.807, 2.05) is 23.9 Å². The fourth-order valence-electron chi connectivity index (χ4n) is 2.08. The Kier molecular flexibility index (Phi) is 5.83. The first-order valence-electron chi connectivity index (χ1n) is 6.42. The summed E-state index contributed by atoms with van der Waals surface area (Å²) >= 11 is 7.73. The number of hydrogen-bond acceptors (Lipinski definition) is 3. The lowest BCUT2D eigenvalue weighted by Gasteiger charge is -2.20. The van der Waals surface area contributed by atoms with Crippen LogP contribution in [0.3, 0.4) is 0 Å². The van der Waals surface area contributed by atoms with E-state index in [-0.39, 0.29) is 0 Å². The second-order valence-electron chi connectivity index (χ2n) is 4.70. The molecule has 0 radical (unpaired) electrons. The Labute approximate surface area is 119 Å². The molecule has 4 heteroatoms. The van der Waals surface area contributed by atoms with Gasteiger partial charge in [-0.1, -0.05) is 11.6 Å². The normalized spacial score (nSPS) is 19.6. The zero-order valence-corrected chi connectivity index (χ0v) is 12.3. The van der Waals surface area contributed by atoms with Crippen molar-refractivity contribution in [3.05, 3.63) is 29.3 Å². The quantitative estimate of drug-likeness (QED) is 0.742. The molecule has 1 aliphatic rings. The Morgan fingerprint density at radius 2 is 2.17 bits per heavy atom. The van der Waals surface area contributed by atoms with Crippen molar-refractivity contribution in [3.63, 3.8) is 0 Å². The van der Waals surface area contributed by atoms with E-state index >= 15 is 0 Å². The Morgan fingerprint density at radius 1 is 1.39 bits per heavy atom. The van der Waals surface area contributed by atoms with Gasteiger partial charge < -0.3 is 9.64 Å². The maximum Gasteiger partial charge on any atom is 0.0702 e. The van der Waals surface area contributed by atoms with Crippen molar-refractivity contribution >= 4 is 23.4 Å². The lowest BCUT2D eigenvalue weighted by atomic mass is 10.2. The van der Waals surface area contributed by atoms with Crippen LogP contribution < -0.4 is 0 Å². The number of rotatable bonds is 6. The van der Waals surface area contributed by atoms with E-state index in [9.17, 15) is 0 Å². The average molecular weight is 286 g/mol. The molecule has 1 aliphatic heterocycles. The molecular weight excluding hydrogens is 266 g/mol. The SMILES string of the molecule is CN(CCSc1ccc(Cl)cc1)CC1CCCO1. The Hall–Kier alpha value is -0.220. The molecule has 0 N–H and O–H groups in total. The average Bonchev–Trinajstić information content (AvgIpc) is 2.84. The van der Waals surface area contributed by atoms with E-state index in [0.717, 1.165) is 30.5 Å². The number of ether oxygens (including phenoxy) is 1. The number of likely N-dealkylation sites (N-methyl/N-ethyl adjacent to an activating group) is 1. The molecule has 2 rings (SSSR count). The summed E-state index contributed by atoms with van der Waals surface area (Å²) in [5.41, 5.74) is 0. The lowest BCUT2D eigenvalue weighted by molar-refractivity contribution is 0.0830. The summed E-state index contributed by atoms with van der Waals surface area (Å²) in [4.78, 5) is 3.64. The van der Waals surface area contributed by atoms with Crippen LogP contribution in [0.4, 0.5) is 0 Å². The summed E-state index contributed by atoms with van der Waals surface area (Å²) in [5, 5.41) is 0.801. The van der Waals surface area contributed by atoms with E-state index in [4.69, 9.17) is 16.3 Å². The van der Waals surface area contributed by atoms with Crippen molar-refractivity contribution in [3.8, 4) is 0 Å². The Morgan fingerprint density at radius 3 is 2.83 bits per heavy atom. The Balaban J connectivity index is 1.63. The molecule has 0 bridgehead atoms. The largest absolute Gasteiger partial charge is 0.377 e. The molecule has 1 atom stereocenters. The second kappa shape index (κ2) is 7.39. The van der Waals surface area contributed by atoms with E-state index in [2.05, 4.69) is 24.1 Å². The van der Waals surface area contributed by atoms with Crippen LogP contribution >= 0.6 is 23.4 Å². The molecule has 18 heavy (non-hydrogen) atoms. The molecule has 1 unspecified atom stereocenters. The summed E-state index contributed by atoms with van der Waals surface area (Å²) in [5.74, 6) is 1.10. The van der Waals surface area contributed by atoms with Crippen molar-refractivity contribution < 1.29 is 4.74 Å². The zero-order chi connectivity index (χ0) is 12.8. The fraction of sp³-hybridized carbons (Fsp3) is 0.571. The zero-order valence-electron chi connectivity index (χ0n) is 10.8. The lowest BCUT2D eigenvalue weighted by Crippen LogP contribution is -2.30. The van der Waals surface area contributed by atoms with Gasteiger partial charge in [-0.3, -0.25) is 0 Å². The van der Waals surface area contributed by atoms with Gasteiger partial charge in [0, 0.05) is 35.4 Å². The predicted octanol–water partition coefficient (Wildman–Crippen LogP) is 3.54. The van der Waals surface area contributed by atoms with Crippen molar-refractivity contribution in [1.29, 1.82) is 0 Å². The van der Waals surface area contributed by atoms with E-state index in [1.54, 1.807) is 0 Å². The van der Waals surface area contributed by atoms with Crippen LogP contribution in [0.1, 0.15) is 12.8 Å². The first-order chi connectivity index (χ1) is 8.74. The van der Waals surface area contributed by atoms with Gasteiger partial charge in [0.25, 0.3) is 0 Å². The summed E-state index contributed by atoms with van der Waals surface area (Å²) < 4.78 is 5.64. The third-order valence-corrected chi connectivity index (χ3v) is 4.34. The molecule has 1 heterocycles.